The summed E-state index contributed by atoms with van der Waals surface area (Å²) < 4.78 is 5.30. The molecule has 2 aromatic rings. The van der Waals surface area contributed by atoms with Gasteiger partial charge < -0.3 is 15.0 Å². The Morgan fingerprint density at radius 3 is 2.72 bits per heavy atom. The molecule has 7 heteroatoms. The number of anilines is 1. The fourth-order valence-corrected chi connectivity index (χ4v) is 2.89. The van der Waals surface area contributed by atoms with Gasteiger partial charge in [0.2, 0.25) is 5.91 Å². The van der Waals surface area contributed by atoms with Crippen LogP contribution in [-0.4, -0.2) is 60.6 Å². The lowest BCUT2D eigenvalue weighted by atomic mass is 10.2. The number of rotatable bonds is 6. The summed E-state index contributed by atoms with van der Waals surface area (Å²) in [5.74, 6) is 1.71. The van der Waals surface area contributed by atoms with Crippen molar-refractivity contribution in [2.45, 2.75) is 6.54 Å². The van der Waals surface area contributed by atoms with E-state index in [2.05, 4.69) is 25.1 Å². The van der Waals surface area contributed by atoms with Crippen molar-refractivity contribution in [3.63, 3.8) is 0 Å². The Hall–Kier alpha value is -2.67. The van der Waals surface area contributed by atoms with Gasteiger partial charge in [0.15, 0.2) is 0 Å². The lowest BCUT2D eigenvalue weighted by Gasteiger charge is -2.34. The van der Waals surface area contributed by atoms with Crippen LogP contribution >= 0.6 is 0 Å². The van der Waals surface area contributed by atoms with Gasteiger partial charge in [-0.1, -0.05) is 18.2 Å². The highest BCUT2D eigenvalue weighted by atomic mass is 16.5. The molecule has 0 spiro atoms. The highest BCUT2D eigenvalue weighted by Gasteiger charge is 2.19. The summed E-state index contributed by atoms with van der Waals surface area (Å²) in [6, 6.07) is 7.71. The van der Waals surface area contributed by atoms with Gasteiger partial charge in [-0.15, -0.1) is 0 Å². The van der Waals surface area contributed by atoms with Gasteiger partial charge in [-0.05, 0) is 6.07 Å². The number of ether oxygens (including phenoxy) is 1. The molecular formula is C18H23N5O2. The van der Waals surface area contributed by atoms with Crippen LogP contribution in [0.2, 0.25) is 0 Å². The van der Waals surface area contributed by atoms with E-state index in [-0.39, 0.29) is 5.91 Å². The number of amides is 1. The zero-order valence-electron chi connectivity index (χ0n) is 14.4. The van der Waals surface area contributed by atoms with Crippen molar-refractivity contribution in [1.82, 2.24) is 20.2 Å². The van der Waals surface area contributed by atoms with E-state index in [4.69, 9.17) is 4.74 Å². The molecular weight excluding hydrogens is 318 g/mol. The maximum Gasteiger partial charge on any atom is 0.234 e. The molecule has 1 aromatic heterocycles. The monoisotopic (exact) mass is 341 g/mol. The van der Waals surface area contributed by atoms with Crippen LogP contribution in [0.25, 0.3) is 0 Å². The number of piperazine rings is 1. The summed E-state index contributed by atoms with van der Waals surface area (Å²) >= 11 is 0. The molecule has 0 atom stereocenters. The van der Waals surface area contributed by atoms with E-state index in [0.717, 1.165) is 43.3 Å². The molecule has 25 heavy (non-hydrogen) atoms. The second-order valence-corrected chi connectivity index (χ2v) is 5.92. The third kappa shape index (κ3) is 4.67. The quantitative estimate of drug-likeness (QED) is 0.843. The summed E-state index contributed by atoms with van der Waals surface area (Å²) in [6.07, 6.45) is 5.15. The van der Waals surface area contributed by atoms with Gasteiger partial charge in [0.1, 0.15) is 11.6 Å². The normalized spacial score (nSPS) is 15.0. The number of nitrogens with zero attached hydrogens (tertiary/aromatic N) is 4. The zero-order chi connectivity index (χ0) is 17.5. The van der Waals surface area contributed by atoms with Crippen molar-refractivity contribution < 1.29 is 9.53 Å². The van der Waals surface area contributed by atoms with Crippen LogP contribution < -0.4 is 15.0 Å². The Bertz CT molecular complexity index is 687. The van der Waals surface area contributed by atoms with Crippen molar-refractivity contribution in [1.29, 1.82) is 0 Å². The number of carbonyl (C=O) groups is 1. The number of hydrogen-bond donors (Lipinski definition) is 1. The first-order valence-corrected chi connectivity index (χ1v) is 8.38. The fourth-order valence-electron chi connectivity index (χ4n) is 2.89. The van der Waals surface area contributed by atoms with E-state index in [1.54, 1.807) is 25.7 Å². The van der Waals surface area contributed by atoms with Gasteiger partial charge in [-0.25, -0.2) is 4.98 Å². The van der Waals surface area contributed by atoms with Gasteiger partial charge in [0.25, 0.3) is 0 Å². The first-order valence-electron chi connectivity index (χ1n) is 8.38. The smallest absolute Gasteiger partial charge is 0.234 e. The number of hydrogen-bond acceptors (Lipinski definition) is 6. The van der Waals surface area contributed by atoms with Crippen LogP contribution in [0.1, 0.15) is 5.56 Å². The number of benzene rings is 1. The van der Waals surface area contributed by atoms with Crippen LogP contribution in [0.3, 0.4) is 0 Å². The molecule has 1 amide bonds. The molecule has 1 aliphatic rings. The Labute approximate surface area is 147 Å². The predicted octanol–water partition coefficient (Wildman–Crippen LogP) is 0.924. The molecule has 1 aromatic carbocycles. The second kappa shape index (κ2) is 8.43. The third-order valence-electron chi connectivity index (χ3n) is 4.28. The lowest BCUT2D eigenvalue weighted by Crippen LogP contribution is -2.49. The highest BCUT2D eigenvalue weighted by molar-refractivity contribution is 5.78. The average Bonchev–Trinajstić information content (AvgIpc) is 2.68. The maximum atomic E-state index is 12.2. The Balaban J connectivity index is 1.43. The van der Waals surface area contributed by atoms with Crippen molar-refractivity contribution >= 4 is 11.7 Å². The molecule has 132 valence electrons. The standard InChI is InChI=1S/C18H23N5O2/c1-25-16-5-3-2-4-15(16)12-21-18(24)14-22-8-10-23(11-9-22)17-13-19-6-7-20-17/h2-7,13H,8-12,14H2,1H3,(H,21,24). The van der Waals surface area contributed by atoms with E-state index in [1.807, 2.05) is 24.3 Å². The molecule has 2 heterocycles. The molecule has 0 aliphatic carbocycles. The average molecular weight is 341 g/mol. The number of para-hydroxylation sites is 1. The zero-order valence-corrected chi connectivity index (χ0v) is 14.4. The van der Waals surface area contributed by atoms with Gasteiger partial charge in [0, 0.05) is 50.7 Å². The topological polar surface area (TPSA) is 70.6 Å². The molecule has 1 fully saturated rings. The molecule has 0 saturated carbocycles. The summed E-state index contributed by atoms with van der Waals surface area (Å²) in [7, 11) is 1.64. The Kier molecular flexibility index (Phi) is 5.79. The molecule has 0 bridgehead atoms. The van der Waals surface area contributed by atoms with Crippen molar-refractivity contribution in [3.05, 3.63) is 48.4 Å². The molecule has 1 N–H and O–H groups in total. The summed E-state index contributed by atoms with van der Waals surface area (Å²) in [5, 5.41) is 2.97. The van der Waals surface area contributed by atoms with Gasteiger partial charge in [-0.3, -0.25) is 14.7 Å². The molecule has 3 rings (SSSR count). The van der Waals surface area contributed by atoms with Crippen LogP contribution in [0, 0.1) is 0 Å². The summed E-state index contributed by atoms with van der Waals surface area (Å²) in [5.41, 5.74) is 0.978. The van der Waals surface area contributed by atoms with E-state index >= 15 is 0 Å². The number of nitrogens with one attached hydrogen (secondary N) is 1. The van der Waals surface area contributed by atoms with Crippen LogP contribution in [0.15, 0.2) is 42.9 Å². The Morgan fingerprint density at radius 2 is 2.00 bits per heavy atom. The number of aromatic nitrogens is 2. The summed E-state index contributed by atoms with van der Waals surface area (Å²) in [6.45, 7) is 4.24. The lowest BCUT2D eigenvalue weighted by molar-refractivity contribution is -0.122. The Morgan fingerprint density at radius 1 is 1.20 bits per heavy atom. The largest absolute Gasteiger partial charge is 0.496 e. The maximum absolute atomic E-state index is 12.2. The van der Waals surface area contributed by atoms with E-state index in [0.29, 0.717) is 13.1 Å². The fraction of sp³-hybridized carbons (Fsp3) is 0.389. The van der Waals surface area contributed by atoms with E-state index in [1.165, 1.54) is 0 Å². The van der Waals surface area contributed by atoms with Gasteiger partial charge in [0.05, 0.1) is 19.9 Å². The van der Waals surface area contributed by atoms with Crippen molar-refractivity contribution in [2.24, 2.45) is 0 Å². The SMILES string of the molecule is COc1ccccc1CNC(=O)CN1CCN(c2cnccn2)CC1. The first-order chi connectivity index (χ1) is 12.3. The van der Waals surface area contributed by atoms with Crippen LogP contribution in [-0.2, 0) is 11.3 Å². The molecule has 1 aliphatic heterocycles. The number of methoxy groups -OCH3 is 1. The highest BCUT2D eigenvalue weighted by Crippen LogP contribution is 2.16. The molecule has 0 unspecified atom stereocenters. The minimum Gasteiger partial charge on any atom is -0.496 e. The molecule has 7 nitrogen and oxygen atoms in total. The predicted molar refractivity (Wildman–Crippen MR) is 95.5 cm³/mol. The molecule has 0 radical (unpaired) electrons. The first kappa shape index (κ1) is 17.2. The van der Waals surface area contributed by atoms with Crippen molar-refractivity contribution in [2.75, 3.05) is 44.7 Å². The summed E-state index contributed by atoms with van der Waals surface area (Å²) in [4.78, 5) is 25.0. The van der Waals surface area contributed by atoms with Crippen LogP contribution in [0.4, 0.5) is 5.82 Å². The van der Waals surface area contributed by atoms with Crippen LogP contribution in [0.5, 0.6) is 5.75 Å². The van der Waals surface area contributed by atoms with Gasteiger partial charge >= 0.3 is 0 Å². The molecule has 1 saturated heterocycles. The third-order valence-corrected chi connectivity index (χ3v) is 4.28. The number of carbonyl (C=O) groups excluding carboxylic acids is 1. The van der Waals surface area contributed by atoms with E-state index in [9.17, 15) is 4.79 Å². The van der Waals surface area contributed by atoms with Gasteiger partial charge in [-0.2, -0.15) is 0 Å². The minimum absolute atomic E-state index is 0.0267. The second-order valence-electron chi connectivity index (χ2n) is 5.92. The minimum atomic E-state index is 0.0267. The van der Waals surface area contributed by atoms with E-state index < -0.39 is 0 Å². The van der Waals surface area contributed by atoms with Crippen molar-refractivity contribution in [3.8, 4) is 5.75 Å².